The van der Waals surface area contributed by atoms with Gasteiger partial charge in [-0.3, -0.25) is 9.59 Å². The van der Waals surface area contributed by atoms with E-state index in [2.05, 4.69) is 15.8 Å². The van der Waals surface area contributed by atoms with Gasteiger partial charge >= 0.3 is 0 Å². The molecule has 33 heavy (non-hydrogen) atoms. The van der Waals surface area contributed by atoms with Gasteiger partial charge in [-0.15, -0.1) is 0 Å². The molecule has 0 saturated heterocycles. The number of hydrazone groups is 1. The van der Waals surface area contributed by atoms with E-state index in [1.54, 1.807) is 60.7 Å². The lowest BCUT2D eigenvalue weighted by Crippen LogP contribution is -2.24. The molecule has 0 unspecified atom stereocenters. The van der Waals surface area contributed by atoms with Crippen LogP contribution in [-0.4, -0.2) is 18.0 Å². The molecule has 0 aliphatic heterocycles. The molecule has 2 N–H and O–H groups in total. The standard InChI is InChI=1S/C23H17Cl4N3O3/c24-16-3-6-19(7-4-16)29-22(31)11-23(32)30-28-12-15-9-17(25)5-8-21(15)33-13-14-1-2-18(26)10-20(14)27/h1-10,12H,11,13H2,(H,29,31)(H,30,32). The highest BCUT2D eigenvalue weighted by Crippen LogP contribution is 2.25. The predicted molar refractivity (Wildman–Crippen MR) is 133 cm³/mol. The van der Waals surface area contributed by atoms with Crippen molar-refractivity contribution in [1.29, 1.82) is 0 Å². The highest BCUT2D eigenvalue weighted by Gasteiger charge is 2.10. The number of carbonyl (C=O) groups is 2. The van der Waals surface area contributed by atoms with Crippen LogP contribution < -0.4 is 15.5 Å². The zero-order valence-corrected chi connectivity index (χ0v) is 20.0. The molecular weight excluding hydrogens is 508 g/mol. The first-order valence-electron chi connectivity index (χ1n) is 9.54. The molecular formula is C23H17Cl4N3O3. The molecule has 0 aliphatic rings. The normalized spacial score (nSPS) is 10.8. The maximum Gasteiger partial charge on any atom is 0.249 e. The zero-order chi connectivity index (χ0) is 23.8. The van der Waals surface area contributed by atoms with E-state index in [-0.39, 0.29) is 6.61 Å². The first-order chi connectivity index (χ1) is 15.8. The monoisotopic (exact) mass is 523 g/mol. The van der Waals surface area contributed by atoms with Gasteiger partial charge < -0.3 is 10.1 Å². The van der Waals surface area contributed by atoms with E-state index >= 15 is 0 Å². The third-order valence-electron chi connectivity index (χ3n) is 4.21. The number of nitrogens with one attached hydrogen (secondary N) is 2. The third kappa shape index (κ3) is 7.94. The summed E-state index contributed by atoms with van der Waals surface area (Å²) in [6.45, 7) is 0.190. The second kappa shape index (κ2) is 11.9. The van der Waals surface area contributed by atoms with Gasteiger partial charge in [0.25, 0.3) is 0 Å². The van der Waals surface area contributed by atoms with Gasteiger partial charge in [0.15, 0.2) is 0 Å². The Morgan fingerprint density at radius 3 is 2.24 bits per heavy atom. The van der Waals surface area contributed by atoms with Gasteiger partial charge in [-0.05, 0) is 54.6 Å². The third-order valence-corrected chi connectivity index (χ3v) is 5.29. The van der Waals surface area contributed by atoms with E-state index in [4.69, 9.17) is 51.1 Å². The van der Waals surface area contributed by atoms with Crippen molar-refractivity contribution < 1.29 is 14.3 Å². The lowest BCUT2D eigenvalue weighted by atomic mass is 10.2. The summed E-state index contributed by atoms with van der Waals surface area (Å²) in [5.41, 5.74) is 4.11. The van der Waals surface area contributed by atoms with Crippen LogP contribution in [0.15, 0.2) is 65.8 Å². The fraction of sp³-hybridized carbons (Fsp3) is 0.0870. The summed E-state index contributed by atoms with van der Waals surface area (Å²) in [5, 5.41) is 8.51. The van der Waals surface area contributed by atoms with Crippen LogP contribution >= 0.6 is 46.4 Å². The van der Waals surface area contributed by atoms with Crippen LogP contribution in [0.2, 0.25) is 20.1 Å². The Kier molecular flexibility index (Phi) is 8.97. The molecule has 6 nitrogen and oxygen atoms in total. The van der Waals surface area contributed by atoms with Gasteiger partial charge in [-0.2, -0.15) is 5.10 Å². The molecule has 0 radical (unpaired) electrons. The van der Waals surface area contributed by atoms with E-state index in [9.17, 15) is 9.59 Å². The number of carbonyl (C=O) groups excluding carboxylic acids is 2. The van der Waals surface area contributed by atoms with Crippen LogP contribution in [0.1, 0.15) is 17.5 Å². The summed E-state index contributed by atoms with van der Waals surface area (Å²) >= 11 is 24.0. The minimum Gasteiger partial charge on any atom is -0.488 e. The Bertz CT molecular complexity index is 1180. The predicted octanol–water partition coefficient (Wildman–Crippen LogP) is 6.36. The lowest BCUT2D eigenvalue weighted by molar-refractivity contribution is -0.126. The Balaban J connectivity index is 1.57. The smallest absolute Gasteiger partial charge is 0.249 e. The Morgan fingerprint density at radius 2 is 1.52 bits per heavy atom. The number of nitrogens with zero attached hydrogens (tertiary/aromatic N) is 1. The Morgan fingerprint density at radius 1 is 0.848 bits per heavy atom. The van der Waals surface area contributed by atoms with E-state index in [0.29, 0.717) is 37.1 Å². The largest absolute Gasteiger partial charge is 0.488 e. The molecule has 0 fully saturated rings. The number of hydrogen-bond donors (Lipinski definition) is 2. The van der Waals surface area contributed by atoms with Crippen molar-refractivity contribution in [3.05, 3.63) is 91.9 Å². The molecule has 10 heteroatoms. The average Bonchev–Trinajstić information content (AvgIpc) is 2.76. The summed E-state index contributed by atoms with van der Waals surface area (Å²) in [6, 6.07) is 16.6. The first kappa shape index (κ1) is 24.9. The maximum absolute atomic E-state index is 12.0. The highest BCUT2D eigenvalue weighted by atomic mass is 35.5. The lowest BCUT2D eigenvalue weighted by Gasteiger charge is -2.11. The van der Waals surface area contributed by atoms with Crippen molar-refractivity contribution in [3.8, 4) is 5.75 Å². The van der Waals surface area contributed by atoms with E-state index < -0.39 is 18.2 Å². The van der Waals surface area contributed by atoms with Crippen molar-refractivity contribution in [2.45, 2.75) is 13.0 Å². The minimum absolute atomic E-state index is 0.190. The molecule has 3 rings (SSSR count). The molecule has 170 valence electrons. The number of rotatable bonds is 8. The van der Waals surface area contributed by atoms with Crippen LogP contribution in [0.5, 0.6) is 5.75 Å². The average molecular weight is 525 g/mol. The molecule has 2 amide bonds. The molecule has 0 heterocycles. The fourth-order valence-corrected chi connectivity index (χ4v) is 3.41. The quantitative estimate of drug-likeness (QED) is 0.204. The van der Waals surface area contributed by atoms with Crippen molar-refractivity contribution >= 4 is 70.1 Å². The zero-order valence-electron chi connectivity index (χ0n) is 16.9. The number of ether oxygens (including phenoxy) is 1. The van der Waals surface area contributed by atoms with E-state index in [1.165, 1.54) is 6.21 Å². The van der Waals surface area contributed by atoms with Crippen LogP contribution in [0.25, 0.3) is 0 Å². The van der Waals surface area contributed by atoms with Gasteiger partial charge in [0.05, 0.1) is 6.21 Å². The Labute approximate surface area is 210 Å². The highest BCUT2D eigenvalue weighted by molar-refractivity contribution is 6.35. The van der Waals surface area contributed by atoms with E-state index in [0.717, 1.165) is 5.56 Å². The van der Waals surface area contributed by atoms with E-state index in [1.807, 2.05) is 0 Å². The molecule has 0 bridgehead atoms. The molecule has 0 saturated carbocycles. The van der Waals surface area contributed by atoms with Gasteiger partial charge in [-0.1, -0.05) is 52.5 Å². The van der Waals surface area contributed by atoms with Crippen LogP contribution in [-0.2, 0) is 16.2 Å². The van der Waals surface area contributed by atoms with Crippen LogP contribution in [0.3, 0.4) is 0 Å². The summed E-state index contributed by atoms with van der Waals surface area (Å²) in [4.78, 5) is 24.0. The topological polar surface area (TPSA) is 79.8 Å². The summed E-state index contributed by atoms with van der Waals surface area (Å²) in [5.74, 6) is -0.601. The van der Waals surface area contributed by atoms with Crippen molar-refractivity contribution in [3.63, 3.8) is 0 Å². The molecule has 0 spiro atoms. The Hall–Kier alpha value is -2.77. The number of hydrogen-bond acceptors (Lipinski definition) is 4. The van der Waals surface area contributed by atoms with Crippen LogP contribution in [0, 0.1) is 0 Å². The SMILES string of the molecule is O=C(CC(=O)Nc1ccc(Cl)cc1)NN=Cc1cc(Cl)ccc1OCc1ccc(Cl)cc1Cl. The number of benzene rings is 3. The number of anilines is 1. The second-order valence-corrected chi connectivity index (χ2v) is 8.45. The van der Waals surface area contributed by atoms with Gasteiger partial charge in [0.1, 0.15) is 18.8 Å². The van der Waals surface area contributed by atoms with Crippen molar-refractivity contribution in [2.24, 2.45) is 5.10 Å². The molecule has 3 aromatic rings. The molecule has 0 atom stereocenters. The fourth-order valence-electron chi connectivity index (χ4n) is 2.64. The molecule has 0 aromatic heterocycles. The molecule has 0 aliphatic carbocycles. The summed E-state index contributed by atoms with van der Waals surface area (Å²) in [6.07, 6.45) is 0.966. The van der Waals surface area contributed by atoms with Crippen LogP contribution in [0.4, 0.5) is 5.69 Å². The van der Waals surface area contributed by atoms with Gasteiger partial charge in [-0.25, -0.2) is 5.43 Å². The maximum atomic E-state index is 12.0. The first-order valence-corrected chi connectivity index (χ1v) is 11.0. The van der Waals surface area contributed by atoms with Gasteiger partial charge in [0, 0.05) is 36.9 Å². The minimum atomic E-state index is -0.588. The summed E-state index contributed by atoms with van der Waals surface area (Å²) < 4.78 is 5.83. The second-order valence-electron chi connectivity index (χ2n) is 6.73. The summed E-state index contributed by atoms with van der Waals surface area (Å²) in [7, 11) is 0. The molecule has 3 aromatic carbocycles. The van der Waals surface area contributed by atoms with Gasteiger partial charge in [0.2, 0.25) is 11.8 Å². The number of halogens is 4. The van der Waals surface area contributed by atoms with Crippen molar-refractivity contribution in [2.75, 3.05) is 5.32 Å². The number of amides is 2. The van der Waals surface area contributed by atoms with Crippen molar-refractivity contribution in [1.82, 2.24) is 5.43 Å².